The zero-order chi connectivity index (χ0) is 18.7. The molecule has 0 bridgehead atoms. The highest BCUT2D eigenvalue weighted by Gasteiger charge is 2.44. The van der Waals surface area contributed by atoms with E-state index in [2.05, 4.69) is 20.8 Å². The summed E-state index contributed by atoms with van der Waals surface area (Å²) >= 11 is 0. The molecule has 1 aromatic rings. The Morgan fingerprint density at radius 3 is 2.96 bits per heavy atom. The van der Waals surface area contributed by atoms with Crippen LogP contribution in [0.25, 0.3) is 0 Å². The van der Waals surface area contributed by atoms with E-state index in [1.807, 2.05) is 0 Å². The van der Waals surface area contributed by atoms with Gasteiger partial charge in [0.05, 0.1) is 25.5 Å². The lowest BCUT2D eigenvalue weighted by atomic mass is 9.94. The fourth-order valence-corrected chi connectivity index (χ4v) is 2.90. The molecule has 1 aromatic carbocycles. The molecule has 140 valence electrons. The second-order valence-electron chi connectivity index (χ2n) is 6.45. The van der Waals surface area contributed by atoms with Gasteiger partial charge >= 0.3 is 0 Å². The molecule has 0 spiro atoms. The number of carbonyl (C=O) groups excluding carboxylic acids is 2. The van der Waals surface area contributed by atoms with Crippen molar-refractivity contribution in [2.24, 2.45) is 5.16 Å². The Kier molecular flexibility index (Phi) is 5.19. The zero-order valence-electron chi connectivity index (χ0n) is 14.5. The maximum absolute atomic E-state index is 13.4. The fraction of sp³-hybridized carbons (Fsp3) is 0.471. The molecule has 0 aliphatic carbocycles. The Labute approximate surface area is 149 Å². The van der Waals surface area contributed by atoms with Gasteiger partial charge in [-0.2, -0.15) is 0 Å². The number of oxime groups is 1. The summed E-state index contributed by atoms with van der Waals surface area (Å²) in [4.78, 5) is 34.2. The van der Waals surface area contributed by atoms with Crippen molar-refractivity contribution in [3.8, 4) is 0 Å². The number of halogens is 1. The molecule has 9 heteroatoms. The molecular formula is C17H20FN3O5. The van der Waals surface area contributed by atoms with Gasteiger partial charge in [-0.3, -0.25) is 14.4 Å². The molecule has 0 radical (unpaired) electrons. The van der Waals surface area contributed by atoms with Crippen LogP contribution in [0.3, 0.4) is 0 Å². The van der Waals surface area contributed by atoms with E-state index in [1.165, 1.54) is 19.2 Å². The second kappa shape index (κ2) is 7.38. The smallest absolute Gasteiger partial charge is 0.272 e. The molecule has 2 aliphatic heterocycles. The number of nitrogens with one attached hydrogen (secondary N) is 2. The molecule has 3 atom stereocenters. The van der Waals surface area contributed by atoms with Gasteiger partial charge < -0.3 is 14.9 Å². The van der Waals surface area contributed by atoms with Crippen molar-refractivity contribution in [1.82, 2.24) is 10.8 Å². The van der Waals surface area contributed by atoms with Crippen molar-refractivity contribution < 1.29 is 28.4 Å². The standard InChI is InChI=1S/C17H20FN3O5/c1-17(8-13(20-26-17)10-4-3-5-11(18)6-10)16(23)19-12-7-14(25-9-12)15(22)21-24-2/h3-6,12,14H,7-9H2,1-2H3,(H,19,23)(H,21,22)/t12-,14-,17?/m0/s1. The van der Waals surface area contributed by atoms with Crippen LogP contribution < -0.4 is 10.8 Å². The van der Waals surface area contributed by atoms with Gasteiger partial charge in [-0.05, 0) is 19.1 Å². The Morgan fingerprint density at radius 2 is 2.23 bits per heavy atom. The van der Waals surface area contributed by atoms with E-state index in [0.717, 1.165) is 0 Å². The summed E-state index contributed by atoms with van der Waals surface area (Å²) in [5.74, 6) is -1.15. The number of amides is 2. The van der Waals surface area contributed by atoms with Crippen LogP contribution in [-0.4, -0.2) is 49.0 Å². The van der Waals surface area contributed by atoms with Crippen LogP contribution in [-0.2, 0) is 24.0 Å². The normalized spacial score (nSPS) is 27.6. The van der Waals surface area contributed by atoms with E-state index >= 15 is 0 Å². The van der Waals surface area contributed by atoms with Gasteiger partial charge in [-0.1, -0.05) is 17.3 Å². The molecule has 1 unspecified atom stereocenters. The maximum atomic E-state index is 13.4. The maximum Gasteiger partial charge on any atom is 0.272 e. The highest BCUT2D eigenvalue weighted by Crippen LogP contribution is 2.27. The quantitative estimate of drug-likeness (QED) is 0.747. The first-order chi connectivity index (χ1) is 12.4. The number of ether oxygens (including phenoxy) is 1. The predicted octanol–water partition coefficient (Wildman–Crippen LogP) is 0.660. The van der Waals surface area contributed by atoms with E-state index in [1.54, 1.807) is 19.1 Å². The van der Waals surface area contributed by atoms with Crippen LogP contribution in [0.15, 0.2) is 29.4 Å². The monoisotopic (exact) mass is 365 g/mol. The first-order valence-electron chi connectivity index (χ1n) is 8.17. The molecule has 0 saturated carbocycles. The number of hydrogen-bond acceptors (Lipinski definition) is 6. The van der Waals surface area contributed by atoms with Gasteiger partial charge in [0.1, 0.15) is 11.9 Å². The minimum absolute atomic E-state index is 0.210. The Balaban J connectivity index is 1.57. The highest BCUT2D eigenvalue weighted by molar-refractivity contribution is 6.05. The van der Waals surface area contributed by atoms with Crippen molar-refractivity contribution >= 4 is 17.5 Å². The van der Waals surface area contributed by atoms with Crippen LogP contribution in [0.5, 0.6) is 0 Å². The van der Waals surface area contributed by atoms with Crippen molar-refractivity contribution in [3.05, 3.63) is 35.6 Å². The minimum atomic E-state index is -1.20. The molecular weight excluding hydrogens is 345 g/mol. The van der Waals surface area contributed by atoms with Crippen LogP contribution in [0.2, 0.25) is 0 Å². The summed E-state index contributed by atoms with van der Waals surface area (Å²) in [6.07, 6.45) is -0.144. The van der Waals surface area contributed by atoms with E-state index < -0.39 is 17.6 Å². The third-order valence-electron chi connectivity index (χ3n) is 4.33. The van der Waals surface area contributed by atoms with Gasteiger partial charge in [0.2, 0.25) is 5.60 Å². The molecule has 26 heavy (non-hydrogen) atoms. The summed E-state index contributed by atoms with van der Waals surface area (Å²) in [6.45, 7) is 1.82. The molecule has 0 aromatic heterocycles. The van der Waals surface area contributed by atoms with Crippen molar-refractivity contribution in [1.29, 1.82) is 0 Å². The minimum Gasteiger partial charge on any atom is -0.379 e. The Hall–Kier alpha value is -2.52. The van der Waals surface area contributed by atoms with Gasteiger partial charge in [0.25, 0.3) is 11.8 Å². The lowest BCUT2D eigenvalue weighted by Gasteiger charge is -2.22. The third kappa shape index (κ3) is 3.83. The van der Waals surface area contributed by atoms with Gasteiger partial charge in [0.15, 0.2) is 0 Å². The van der Waals surface area contributed by atoms with Crippen LogP contribution >= 0.6 is 0 Å². The highest BCUT2D eigenvalue weighted by atomic mass is 19.1. The van der Waals surface area contributed by atoms with Gasteiger partial charge in [-0.15, -0.1) is 0 Å². The van der Waals surface area contributed by atoms with Gasteiger partial charge in [0, 0.05) is 18.4 Å². The molecule has 2 aliphatic rings. The number of nitrogens with zero attached hydrogens (tertiary/aromatic N) is 1. The first-order valence-corrected chi connectivity index (χ1v) is 8.17. The summed E-state index contributed by atoms with van der Waals surface area (Å²) in [6, 6.07) is 5.63. The first kappa shape index (κ1) is 18.3. The van der Waals surface area contributed by atoms with E-state index in [-0.39, 0.29) is 30.8 Å². The summed E-state index contributed by atoms with van der Waals surface area (Å²) < 4.78 is 18.7. The average Bonchev–Trinajstić information content (AvgIpc) is 3.23. The topological polar surface area (TPSA) is 98.3 Å². The molecule has 2 N–H and O–H groups in total. The summed E-state index contributed by atoms with van der Waals surface area (Å²) in [5.41, 5.74) is 2.08. The Morgan fingerprint density at radius 1 is 1.42 bits per heavy atom. The van der Waals surface area contributed by atoms with E-state index in [4.69, 9.17) is 9.57 Å². The molecule has 3 rings (SSSR count). The van der Waals surface area contributed by atoms with Crippen molar-refractivity contribution in [2.75, 3.05) is 13.7 Å². The molecule has 2 amide bonds. The zero-order valence-corrected chi connectivity index (χ0v) is 14.5. The summed E-state index contributed by atoms with van der Waals surface area (Å²) in [5, 5.41) is 6.76. The third-order valence-corrected chi connectivity index (χ3v) is 4.33. The van der Waals surface area contributed by atoms with Crippen LogP contribution in [0, 0.1) is 5.82 Å². The van der Waals surface area contributed by atoms with Crippen molar-refractivity contribution in [2.45, 2.75) is 37.5 Å². The molecule has 8 nitrogen and oxygen atoms in total. The number of benzene rings is 1. The fourth-order valence-electron chi connectivity index (χ4n) is 2.90. The number of rotatable bonds is 5. The second-order valence-corrected chi connectivity index (χ2v) is 6.45. The van der Waals surface area contributed by atoms with Crippen LogP contribution in [0.1, 0.15) is 25.3 Å². The summed E-state index contributed by atoms with van der Waals surface area (Å²) in [7, 11) is 1.33. The van der Waals surface area contributed by atoms with Gasteiger partial charge in [-0.25, -0.2) is 9.87 Å². The number of carbonyl (C=O) groups is 2. The molecule has 1 fully saturated rings. The number of hydroxylamine groups is 1. The average molecular weight is 365 g/mol. The lowest BCUT2D eigenvalue weighted by Crippen LogP contribution is -2.49. The largest absolute Gasteiger partial charge is 0.379 e. The van der Waals surface area contributed by atoms with E-state index in [9.17, 15) is 14.0 Å². The SMILES string of the molecule is CONC(=O)[C@@H]1C[C@H](NC(=O)C2(C)CC(c3cccc(F)c3)=NO2)CO1. The lowest BCUT2D eigenvalue weighted by molar-refractivity contribution is -0.142. The molecule has 2 heterocycles. The van der Waals surface area contributed by atoms with Crippen molar-refractivity contribution in [3.63, 3.8) is 0 Å². The molecule has 1 saturated heterocycles. The Bertz CT molecular complexity index is 741. The van der Waals surface area contributed by atoms with E-state index in [0.29, 0.717) is 17.7 Å². The number of hydrogen-bond donors (Lipinski definition) is 2. The van der Waals surface area contributed by atoms with Crippen LogP contribution in [0.4, 0.5) is 4.39 Å². The predicted molar refractivity (Wildman–Crippen MR) is 88.5 cm³/mol.